The molecule has 0 aromatic heterocycles. The van der Waals surface area contributed by atoms with Gasteiger partial charge in [0.25, 0.3) is 0 Å². The number of benzene rings is 1. The van der Waals surface area contributed by atoms with Gasteiger partial charge in [-0.05, 0) is 18.1 Å². The molecular weight excluding hydrogens is 176 g/mol. The molecule has 70 valence electrons. The van der Waals surface area contributed by atoms with Crippen molar-refractivity contribution in [2.24, 2.45) is 0 Å². The van der Waals surface area contributed by atoms with Gasteiger partial charge >= 0.3 is 0 Å². The monoisotopic (exact) mass is 186 g/mol. The SMILES string of the molecule is CCC(=O)c1ccc(C#CC=O)cc1. The maximum absolute atomic E-state index is 11.2. The third-order valence-electron chi connectivity index (χ3n) is 1.80. The summed E-state index contributed by atoms with van der Waals surface area (Å²) in [5, 5.41) is 0. The first-order valence-electron chi connectivity index (χ1n) is 4.36. The van der Waals surface area contributed by atoms with E-state index in [-0.39, 0.29) is 5.78 Å². The number of hydrogen-bond acceptors (Lipinski definition) is 2. The fraction of sp³-hybridized carbons (Fsp3) is 0.167. The molecule has 0 atom stereocenters. The summed E-state index contributed by atoms with van der Waals surface area (Å²) >= 11 is 0. The number of ketones is 1. The zero-order valence-corrected chi connectivity index (χ0v) is 7.91. The molecule has 0 heterocycles. The summed E-state index contributed by atoms with van der Waals surface area (Å²) in [4.78, 5) is 21.2. The molecule has 14 heavy (non-hydrogen) atoms. The van der Waals surface area contributed by atoms with Crippen molar-refractivity contribution in [2.75, 3.05) is 0 Å². The van der Waals surface area contributed by atoms with E-state index >= 15 is 0 Å². The number of rotatable bonds is 2. The van der Waals surface area contributed by atoms with Crippen LogP contribution in [0.4, 0.5) is 0 Å². The normalized spacial score (nSPS) is 8.64. The molecule has 1 aromatic carbocycles. The first kappa shape index (κ1) is 10.2. The summed E-state index contributed by atoms with van der Waals surface area (Å²) in [6.45, 7) is 1.82. The van der Waals surface area contributed by atoms with Crippen molar-refractivity contribution in [1.82, 2.24) is 0 Å². The molecule has 0 unspecified atom stereocenters. The van der Waals surface area contributed by atoms with E-state index in [4.69, 9.17) is 0 Å². The highest BCUT2D eigenvalue weighted by Gasteiger charge is 2.00. The summed E-state index contributed by atoms with van der Waals surface area (Å²) in [6.07, 6.45) is 1.05. The van der Waals surface area contributed by atoms with Crippen LogP contribution in [0.25, 0.3) is 0 Å². The van der Waals surface area contributed by atoms with Gasteiger partial charge in [-0.25, -0.2) is 0 Å². The van der Waals surface area contributed by atoms with Crippen LogP contribution in [0.3, 0.4) is 0 Å². The molecule has 0 aliphatic heterocycles. The minimum Gasteiger partial charge on any atom is -0.294 e. The molecule has 0 saturated carbocycles. The lowest BCUT2D eigenvalue weighted by Gasteiger charge is -1.96. The third kappa shape index (κ3) is 2.56. The lowest BCUT2D eigenvalue weighted by atomic mass is 10.1. The zero-order chi connectivity index (χ0) is 10.4. The van der Waals surface area contributed by atoms with E-state index in [0.29, 0.717) is 18.3 Å². The summed E-state index contributed by atoms with van der Waals surface area (Å²) in [5.41, 5.74) is 1.42. The highest BCUT2D eigenvalue weighted by molar-refractivity contribution is 5.95. The van der Waals surface area contributed by atoms with Crippen LogP contribution in [0.2, 0.25) is 0 Å². The average Bonchev–Trinajstić information content (AvgIpc) is 2.26. The second-order valence-corrected chi connectivity index (χ2v) is 2.74. The van der Waals surface area contributed by atoms with E-state index in [9.17, 15) is 9.59 Å². The maximum Gasteiger partial charge on any atom is 0.193 e. The van der Waals surface area contributed by atoms with Crippen molar-refractivity contribution >= 4 is 12.1 Å². The van der Waals surface area contributed by atoms with Crippen LogP contribution in [0.15, 0.2) is 24.3 Å². The van der Waals surface area contributed by atoms with Crippen molar-refractivity contribution < 1.29 is 9.59 Å². The quantitative estimate of drug-likeness (QED) is 0.401. The van der Waals surface area contributed by atoms with E-state index in [1.54, 1.807) is 24.3 Å². The van der Waals surface area contributed by atoms with Gasteiger partial charge in [-0.1, -0.05) is 25.0 Å². The van der Waals surface area contributed by atoms with Gasteiger partial charge in [-0.3, -0.25) is 9.59 Å². The van der Waals surface area contributed by atoms with Crippen molar-refractivity contribution in [3.05, 3.63) is 35.4 Å². The second-order valence-electron chi connectivity index (χ2n) is 2.74. The van der Waals surface area contributed by atoms with Crippen molar-refractivity contribution in [1.29, 1.82) is 0 Å². The Bertz CT molecular complexity index is 391. The Morgan fingerprint density at radius 1 is 1.36 bits per heavy atom. The Hall–Kier alpha value is -1.88. The fourth-order valence-corrected chi connectivity index (χ4v) is 1.06. The molecule has 0 radical (unpaired) electrons. The van der Waals surface area contributed by atoms with Gasteiger partial charge in [0, 0.05) is 17.5 Å². The summed E-state index contributed by atoms with van der Waals surface area (Å²) in [7, 11) is 0. The first-order valence-corrected chi connectivity index (χ1v) is 4.36. The maximum atomic E-state index is 11.2. The molecule has 0 amide bonds. The van der Waals surface area contributed by atoms with E-state index in [1.807, 2.05) is 6.92 Å². The van der Waals surface area contributed by atoms with Crippen LogP contribution in [0, 0.1) is 11.8 Å². The molecule has 1 aromatic rings. The van der Waals surface area contributed by atoms with E-state index in [1.165, 1.54) is 0 Å². The predicted octanol–water partition coefficient (Wildman–Crippen LogP) is 1.83. The fourth-order valence-electron chi connectivity index (χ4n) is 1.06. The Morgan fingerprint density at radius 2 is 2.00 bits per heavy atom. The van der Waals surface area contributed by atoms with Crippen LogP contribution < -0.4 is 0 Å². The minimum absolute atomic E-state index is 0.111. The lowest BCUT2D eigenvalue weighted by molar-refractivity contribution is -0.103. The smallest absolute Gasteiger partial charge is 0.193 e. The molecule has 0 spiro atoms. The zero-order valence-electron chi connectivity index (χ0n) is 7.91. The van der Waals surface area contributed by atoms with Gasteiger partial charge in [0.1, 0.15) is 0 Å². The number of Topliss-reactive ketones (excluding diaryl/α,β-unsaturated/α-hetero) is 1. The van der Waals surface area contributed by atoms with Crippen molar-refractivity contribution in [2.45, 2.75) is 13.3 Å². The molecule has 2 heteroatoms. The number of hydrogen-bond donors (Lipinski definition) is 0. The van der Waals surface area contributed by atoms with Gasteiger partial charge in [0.2, 0.25) is 0 Å². The number of aldehydes is 1. The Labute approximate surface area is 82.9 Å². The highest BCUT2D eigenvalue weighted by atomic mass is 16.1. The molecule has 0 aliphatic rings. The Kier molecular flexibility index (Phi) is 3.63. The average molecular weight is 186 g/mol. The van der Waals surface area contributed by atoms with Gasteiger partial charge in [-0.15, -0.1) is 0 Å². The molecular formula is C12H10O2. The van der Waals surface area contributed by atoms with E-state index < -0.39 is 0 Å². The van der Waals surface area contributed by atoms with Gasteiger partial charge in [0.15, 0.2) is 12.1 Å². The standard InChI is InChI=1S/C12H10O2/c1-2-12(14)11-7-5-10(6-8-11)4-3-9-13/h5-9H,2H2,1H3. The second kappa shape index (κ2) is 4.98. The van der Waals surface area contributed by atoms with Crippen LogP contribution >= 0.6 is 0 Å². The van der Waals surface area contributed by atoms with Crippen molar-refractivity contribution in [3.63, 3.8) is 0 Å². The van der Waals surface area contributed by atoms with E-state index in [0.717, 1.165) is 5.56 Å². The number of carbonyl (C=O) groups excluding carboxylic acids is 2. The van der Waals surface area contributed by atoms with E-state index in [2.05, 4.69) is 11.8 Å². The summed E-state index contributed by atoms with van der Waals surface area (Å²) in [5.74, 6) is 5.07. The first-order chi connectivity index (χ1) is 6.77. The molecule has 1 rings (SSSR count). The highest BCUT2D eigenvalue weighted by Crippen LogP contribution is 2.05. The topological polar surface area (TPSA) is 34.1 Å². The summed E-state index contributed by atoms with van der Waals surface area (Å²) < 4.78 is 0. The molecule has 0 aliphatic carbocycles. The molecule has 0 saturated heterocycles. The number of carbonyl (C=O) groups is 2. The third-order valence-corrected chi connectivity index (χ3v) is 1.80. The molecule has 2 nitrogen and oxygen atoms in total. The van der Waals surface area contributed by atoms with Crippen LogP contribution in [0.1, 0.15) is 29.3 Å². The largest absolute Gasteiger partial charge is 0.294 e. The summed E-state index contributed by atoms with van der Waals surface area (Å²) in [6, 6.07) is 6.92. The predicted molar refractivity (Wildman–Crippen MR) is 54.0 cm³/mol. The molecule has 0 bridgehead atoms. The Balaban J connectivity index is 2.88. The van der Waals surface area contributed by atoms with Crippen LogP contribution in [-0.4, -0.2) is 12.1 Å². The van der Waals surface area contributed by atoms with Crippen molar-refractivity contribution in [3.8, 4) is 11.8 Å². The molecule has 0 fully saturated rings. The van der Waals surface area contributed by atoms with Gasteiger partial charge in [0.05, 0.1) is 0 Å². The van der Waals surface area contributed by atoms with Gasteiger partial charge < -0.3 is 0 Å². The molecule has 0 N–H and O–H groups in total. The van der Waals surface area contributed by atoms with Crippen LogP contribution in [-0.2, 0) is 4.79 Å². The van der Waals surface area contributed by atoms with Gasteiger partial charge in [-0.2, -0.15) is 0 Å². The minimum atomic E-state index is 0.111. The van der Waals surface area contributed by atoms with Crippen LogP contribution in [0.5, 0.6) is 0 Å². The Morgan fingerprint density at radius 3 is 2.50 bits per heavy atom. The lowest BCUT2D eigenvalue weighted by Crippen LogP contribution is -1.95.